The molecule has 2 heterocycles. The minimum atomic E-state index is 0.601. The molecule has 126 valence electrons. The molecule has 0 saturated carbocycles. The standard InChI is InChI=1S/C20H20N4O/c1-24(12-6-11-21)20-15-8-3-4-9-16(15)22-19(23-20)18-13-14-7-2-5-10-17(14)25-18/h2-5,7-10,13H,6,11-12,21H2,1H3. The van der Waals surface area contributed by atoms with Gasteiger partial charge in [0.1, 0.15) is 11.4 Å². The third-order valence-electron chi connectivity index (χ3n) is 4.29. The molecule has 0 saturated heterocycles. The monoisotopic (exact) mass is 332 g/mol. The molecule has 0 bridgehead atoms. The molecular weight excluding hydrogens is 312 g/mol. The normalized spacial score (nSPS) is 11.3. The van der Waals surface area contributed by atoms with Crippen LogP contribution in [0.3, 0.4) is 0 Å². The van der Waals surface area contributed by atoms with Gasteiger partial charge in [-0.1, -0.05) is 30.3 Å². The lowest BCUT2D eigenvalue weighted by molar-refractivity contribution is 0.625. The Labute approximate surface area is 146 Å². The summed E-state index contributed by atoms with van der Waals surface area (Å²) in [6.07, 6.45) is 0.912. The Balaban J connectivity index is 1.86. The van der Waals surface area contributed by atoms with E-state index in [2.05, 4.69) is 4.90 Å². The lowest BCUT2D eigenvalue weighted by atomic mass is 10.2. The maximum atomic E-state index is 5.96. The summed E-state index contributed by atoms with van der Waals surface area (Å²) in [5.74, 6) is 2.18. The van der Waals surface area contributed by atoms with Crippen molar-refractivity contribution in [2.45, 2.75) is 6.42 Å². The van der Waals surface area contributed by atoms with Gasteiger partial charge in [-0.2, -0.15) is 0 Å². The third-order valence-corrected chi connectivity index (χ3v) is 4.29. The van der Waals surface area contributed by atoms with Gasteiger partial charge in [0.25, 0.3) is 0 Å². The number of nitrogens with two attached hydrogens (primary N) is 1. The van der Waals surface area contributed by atoms with E-state index in [0.717, 1.165) is 40.7 Å². The van der Waals surface area contributed by atoms with Crippen LogP contribution in [-0.2, 0) is 0 Å². The average molecular weight is 332 g/mol. The van der Waals surface area contributed by atoms with Crippen molar-refractivity contribution in [1.29, 1.82) is 0 Å². The van der Waals surface area contributed by atoms with Crippen LogP contribution >= 0.6 is 0 Å². The van der Waals surface area contributed by atoms with E-state index in [1.54, 1.807) is 0 Å². The molecule has 0 unspecified atom stereocenters. The fourth-order valence-electron chi connectivity index (χ4n) is 2.99. The minimum absolute atomic E-state index is 0.601. The zero-order chi connectivity index (χ0) is 17.2. The van der Waals surface area contributed by atoms with Gasteiger partial charge >= 0.3 is 0 Å². The number of nitrogens with zero attached hydrogens (tertiary/aromatic N) is 3. The molecule has 2 aromatic heterocycles. The highest BCUT2D eigenvalue weighted by Crippen LogP contribution is 2.30. The van der Waals surface area contributed by atoms with Crippen molar-refractivity contribution in [3.8, 4) is 11.6 Å². The summed E-state index contributed by atoms with van der Waals surface area (Å²) in [5.41, 5.74) is 7.40. The van der Waals surface area contributed by atoms with E-state index in [9.17, 15) is 0 Å². The number of rotatable bonds is 5. The number of benzene rings is 2. The Kier molecular flexibility index (Phi) is 4.07. The number of para-hydroxylation sites is 2. The predicted octanol–water partition coefficient (Wildman–Crippen LogP) is 3.83. The highest BCUT2D eigenvalue weighted by atomic mass is 16.3. The molecule has 4 aromatic rings. The smallest absolute Gasteiger partial charge is 0.198 e. The molecule has 0 amide bonds. The van der Waals surface area contributed by atoms with E-state index in [4.69, 9.17) is 20.1 Å². The Morgan fingerprint density at radius 1 is 1.04 bits per heavy atom. The van der Waals surface area contributed by atoms with Gasteiger partial charge in [-0.15, -0.1) is 0 Å². The van der Waals surface area contributed by atoms with Crippen molar-refractivity contribution in [3.05, 3.63) is 54.6 Å². The van der Waals surface area contributed by atoms with Crippen LogP contribution in [0.25, 0.3) is 33.5 Å². The van der Waals surface area contributed by atoms with Crippen molar-refractivity contribution >= 4 is 27.7 Å². The van der Waals surface area contributed by atoms with Crippen molar-refractivity contribution in [2.24, 2.45) is 5.73 Å². The molecule has 0 aliphatic rings. The van der Waals surface area contributed by atoms with Crippen LogP contribution in [0.1, 0.15) is 6.42 Å². The zero-order valence-corrected chi connectivity index (χ0v) is 14.1. The van der Waals surface area contributed by atoms with Crippen LogP contribution in [0.5, 0.6) is 0 Å². The molecule has 25 heavy (non-hydrogen) atoms. The maximum absolute atomic E-state index is 5.96. The number of hydrogen-bond acceptors (Lipinski definition) is 5. The molecule has 0 aliphatic carbocycles. The van der Waals surface area contributed by atoms with E-state index in [-0.39, 0.29) is 0 Å². The first-order valence-electron chi connectivity index (χ1n) is 8.43. The van der Waals surface area contributed by atoms with Gasteiger partial charge < -0.3 is 15.1 Å². The first kappa shape index (κ1) is 15.6. The summed E-state index contributed by atoms with van der Waals surface area (Å²) in [7, 11) is 2.03. The highest BCUT2D eigenvalue weighted by molar-refractivity contribution is 5.91. The first-order chi connectivity index (χ1) is 12.3. The number of anilines is 1. The molecule has 5 heteroatoms. The number of fused-ring (bicyclic) bond motifs is 2. The van der Waals surface area contributed by atoms with E-state index in [1.807, 2.05) is 61.6 Å². The molecule has 0 radical (unpaired) electrons. The second-order valence-electron chi connectivity index (χ2n) is 6.10. The molecule has 4 rings (SSSR count). The Hall–Kier alpha value is -2.92. The largest absolute Gasteiger partial charge is 0.453 e. The van der Waals surface area contributed by atoms with Crippen molar-refractivity contribution in [2.75, 3.05) is 25.0 Å². The van der Waals surface area contributed by atoms with Crippen LogP contribution in [0.2, 0.25) is 0 Å². The Morgan fingerprint density at radius 2 is 1.84 bits per heavy atom. The Bertz CT molecular complexity index is 991. The van der Waals surface area contributed by atoms with Gasteiger partial charge in [0.15, 0.2) is 11.6 Å². The second-order valence-corrected chi connectivity index (χ2v) is 6.10. The molecular formula is C20H20N4O. The maximum Gasteiger partial charge on any atom is 0.198 e. The fourth-order valence-corrected chi connectivity index (χ4v) is 2.99. The van der Waals surface area contributed by atoms with Gasteiger partial charge in [-0.25, -0.2) is 9.97 Å². The van der Waals surface area contributed by atoms with Gasteiger partial charge in [0, 0.05) is 24.4 Å². The molecule has 0 aliphatic heterocycles. The van der Waals surface area contributed by atoms with E-state index in [0.29, 0.717) is 18.1 Å². The van der Waals surface area contributed by atoms with Gasteiger partial charge in [-0.3, -0.25) is 0 Å². The zero-order valence-electron chi connectivity index (χ0n) is 14.1. The summed E-state index contributed by atoms with van der Waals surface area (Å²) >= 11 is 0. The molecule has 0 fully saturated rings. The fraction of sp³-hybridized carbons (Fsp3) is 0.200. The summed E-state index contributed by atoms with van der Waals surface area (Å²) in [6, 6.07) is 18.0. The van der Waals surface area contributed by atoms with Gasteiger partial charge in [-0.05, 0) is 37.2 Å². The van der Waals surface area contributed by atoms with Crippen LogP contribution in [0, 0.1) is 0 Å². The topological polar surface area (TPSA) is 68.2 Å². The van der Waals surface area contributed by atoms with E-state index >= 15 is 0 Å². The molecule has 5 nitrogen and oxygen atoms in total. The second kappa shape index (κ2) is 6.53. The quantitative estimate of drug-likeness (QED) is 0.601. The van der Waals surface area contributed by atoms with E-state index < -0.39 is 0 Å². The van der Waals surface area contributed by atoms with Crippen molar-refractivity contribution in [3.63, 3.8) is 0 Å². The van der Waals surface area contributed by atoms with Crippen molar-refractivity contribution < 1.29 is 4.42 Å². The third kappa shape index (κ3) is 2.94. The van der Waals surface area contributed by atoms with Crippen molar-refractivity contribution in [1.82, 2.24) is 9.97 Å². The van der Waals surface area contributed by atoms with Crippen LogP contribution in [0.15, 0.2) is 59.0 Å². The molecule has 2 N–H and O–H groups in total. The van der Waals surface area contributed by atoms with Crippen LogP contribution in [0.4, 0.5) is 5.82 Å². The molecule has 0 spiro atoms. The SMILES string of the molecule is CN(CCCN)c1nc(-c2cc3ccccc3o2)nc2ccccc12. The summed E-state index contributed by atoms with van der Waals surface area (Å²) < 4.78 is 5.96. The summed E-state index contributed by atoms with van der Waals surface area (Å²) in [4.78, 5) is 11.6. The van der Waals surface area contributed by atoms with Gasteiger partial charge in [0.05, 0.1) is 5.52 Å². The number of furan rings is 1. The molecule has 0 atom stereocenters. The Morgan fingerprint density at radius 3 is 2.68 bits per heavy atom. The summed E-state index contributed by atoms with van der Waals surface area (Å²) in [6.45, 7) is 1.50. The van der Waals surface area contributed by atoms with Gasteiger partial charge in [0.2, 0.25) is 0 Å². The molecule has 2 aromatic carbocycles. The average Bonchev–Trinajstić information content (AvgIpc) is 3.09. The predicted molar refractivity (Wildman–Crippen MR) is 102 cm³/mol. The van der Waals surface area contributed by atoms with E-state index in [1.165, 1.54) is 0 Å². The lowest BCUT2D eigenvalue weighted by Gasteiger charge is -2.20. The lowest BCUT2D eigenvalue weighted by Crippen LogP contribution is -2.22. The van der Waals surface area contributed by atoms with Crippen LogP contribution < -0.4 is 10.6 Å². The number of aromatic nitrogens is 2. The number of hydrogen-bond donors (Lipinski definition) is 1. The summed E-state index contributed by atoms with van der Waals surface area (Å²) in [5, 5.41) is 2.08. The highest BCUT2D eigenvalue weighted by Gasteiger charge is 2.15. The van der Waals surface area contributed by atoms with Crippen LogP contribution in [-0.4, -0.2) is 30.1 Å². The first-order valence-corrected chi connectivity index (χ1v) is 8.43. The minimum Gasteiger partial charge on any atom is -0.453 e.